The molecular formula is C15H18BrN3O2. The zero-order valence-corrected chi connectivity index (χ0v) is 13.8. The van der Waals surface area contributed by atoms with Gasteiger partial charge in [0.05, 0.1) is 28.3 Å². The van der Waals surface area contributed by atoms with Crippen molar-refractivity contribution in [2.24, 2.45) is 5.92 Å². The zero-order chi connectivity index (χ0) is 15.6. The van der Waals surface area contributed by atoms with Crippen LogP contribution in [0, 0.1) is 19.8 Å². The second-order valence-corrected chi connectivity index (χ2v) is 5.87. The van der Waals surface area contributed by atoms with Crippen LogP contribution in [0.1, 0.15) is 18.3 Å². The van der Waals surface area contributed by atoms with Crippen molar-refractivity contribution in [2.75, 3.05) is 5.32 Å². The number of rotatable bonds is 4. The SMILES string of the molecule is Cc1nn(C[C@@H](C)C(=O)Nc2ccccc2O)c(C)c1Br. The fourth-order valence-corrected chi connectivity index (χ4v) is 2.31. The number of carbonyl (C=O) groups excluding carboxylic acids is 1. The number of aryl methyl sites for hydroxylation is 1. The molecule has 0 saturated heterocycles. The average molecular weight is 352 g/mol. The van der Waals surface area contributed by atoms with E-state index in [0.29, 0.717) is 12.2 Å². The number of anilines is 1. The molecular weight excluding hydrogens is 334 g/mol. The third kappa shape index (κ3) is 3.44. The van der Waals surface area contributed by atoms with Gasteiger partial charge in [-0.2, -0.15) is 5.10 Å². The summed E-state index contributed by atoms with van der Waals surface area (Å²) < 4.78 is 2.78. The van der Waals surface area contributed by atoms with Crippen LogP contribution in [0.5, 0.6) is 5.75 Å². The van der Waals surface area contributed by atoms with Gasteiger partial charge in [-0.05, 0) is 41.9 Å². The molecule has 0 saturated carbocycles. The molecule has 2 rings (SSSR count). The van der Waals surface area contributed by atoms with E-state index in [1.165, 1.54) is 0 Å². The van der Waals surface area contributed by atoms with E-state index in [1.807, 2.05) is 25.5 Å². The van der Waals surface area contributed by atoms with Crippen molar-refractivity contribution in [3.8, 4) is 5.75 Å². The van der Waals surface area contributed by atoms with Crippen molar-refractivity contribution in [3.63, 3.8) is 0 Å². The molecule has 1 heterocycles. The minimum atomic E-state index is -0.269. The Kier molecular flexibility index (Phi) is 4.67. The summed E-state index contributed by atoms with van der Waals surface area (Å²) >= 11 is 3.47. The van der Waals surface area contributed by atoms with E-state index in [2.05, 4.69) is 26.3 Å². The molecule has 0 aliphatic carbocycles. The molecule has 112 valence electrons. The van der Waals surface area contributed by atoms with Crippen LogP contribution in [-0.2, 0) is 11.3 Å². The molecule has 1 aromatic heterocycles. The highest BCUT2D eigenvalue weighted by Gasteiger charge is 2.18. The molecule has 0 spiro atoms. The normalized spacial score (nSPS) is 12.2. The number of phenols is 1. The lowest BCUT2D eigenvalue weighted by Crippen LogP contribution is -2.25. The first kappa shape index (κ1) is 15.6. The molecule has 2 aromatic rings. The number of carbonyl (C=O) groups is 1. The maximum absolute atomic E-state index is 12.2. The number of nitrogens with zero attached hydrogens (tertiary/aromatic N) is 2. The summed E-state index contributed by atoms with van der Waals surface area (Å²) in [6, 6.07) is 6.68. The Morgan fingerprint density at radius 1 is 1.43 bits per heavy atom. The molecule has 5 nitrogen and oxygen atoms in total. The van der Waals surface area contributed by atoms with Crippen LogP contribution < -0.4 is 5.32 Å². The molecule has 0 unspecified atom stereocenters. The number of hydrogen-bond donors (Lipinski definition) is 2. The van der Waals surface area contributed by atoms with Crippen LogP contribution in [0.3, 0.4) is 0 Å². The molecule has 0 bridgehead atoms. The molecule has 0 fully saturated rings. The van der Waals surface area contributed by atoms with Gasteiger partial charge in [-0.3, -0.25) is 9.48 Å². The molecule has 0 radical (unpaired) electrons. The predicted octanol–water partition coefficient (Wildman–Crippen LogP) is 3.24. The highest BCUT2D eigenvalue weighted by molar-refractivity contribution is 9.10. The standard InChI is InChI=1S/C15H18BrN3O2/c1-9(8-19-11(3)14(16)10(2)18-19)15(21)17-12-6-4-5-7-13(12)20/h4-7,9,20H,8H2,1-3H3,(H,17,21)/t9-/m1/s1. The number of phenolic OH excluding ortho intramolecular Hbond substituents is 1. The first-order valence-electron chi connectivity index (χ1n) is 6.68. The third-order valence-corrected chi connectivity index (χ3v) is 4.50. The smallest absolute Gasteiger partial charge is 0.229 e. The number of aromatic nitrogens is 2. The molecule has 0 aliphatic heterocycles. The molecule has 1 aromatic carbocycles. The van der Waals surface area contributed by atoms with E-state index in [4.69, 9.17) is 0 Å². The van der Waals surface area contributed by atoms with E-state index < -0.39 is 0 Å². The van der Waals surface area contributed by atoms with Crippen LogP contribution in [0.15, 0.2) is 28.7 Å². The Morgan fingerprint density at radius 2 is 2.10 bits per heavy atom. The Hall–Kier alpha value is -1.82. The molecule has 6 heteroatoms. The Labute approximate surface area is 132 Å². The van der Waals surface area contributed by atoms with Gasteiger partial charge in [0.1, 0.15) is 5.75 Å². The highest BCUT2D eigenvalue weighted by atomic mass is 79.9. The van der Waals surface area contributed by atoms with Gasteiger partial charge in [0.15, 0.2) is 0 Å². The lowest BCUT2D eigenvalue weighted by atomic mass is 10.1. The summed E-state index contributed by atoms with van der Waals surface area (Å²) in [5.74, 6) is -0.360. The van der Waals surface area contributed by atoms with Crippen LogP contribution >= 0.6 is 15.9 Å². The Balaban J connectivity index is 2.06. The first-order chi connectivity index (χ1) is 9.90. The summed E-state index contributed by atoms with van der Waals surface area (Å²) in [5.41, 5.74) is 2.32. The van der Waals surface area contributed by atoms with Crippen molar-refractivity contribution in [1.82, 2.24) is 9.78 Å². The number of nitrogens with one attached hydrogen (secondary N) is 1. The third-order valence-electron chi connectivity index (χ3n) is 3.35. The lowest BCUT2D eigenvalue weighted by Gasteiger charge is -2.14. The van der Waals surface area contributed by atoms with Gasteiger partial charge in [-0.1, -0.05) is 19.1 Å². The highest BCUT2D eigenvalue weighted by Crippen LogP contribution is 2.23. The van der Waals surface area contributed by atoms with Crippen LogP contribution in [0.25, 0.3) is 0 Å². The van der Waals surface area contributed by atoms with Crippen LogP contribution in [-0.4, -0.2) is 20.8 Å². The Bertz CT molecular complexity index is 667. The number of para-hydroxylation sites is 2. The topological polar surface area (TPSA) is 67.2 Å². The van der Waals surface area contributed by atoms with E-state index in [1.54, 1.807) is 24.3 Å². The minimum absolute atomic E-state index is 0.0620. The van der Waals surface area contributed by atoms with Crippen molar-refractivity contribution in [1.29, 1.82) is 0 Å². The second kappa shape index (κ2) is 6.30. The van der Waals surface area contributed by atoms with Gasteiger partial charge < -0.3 is 10.4 Å². The molecule has 1 atom stereocenters. The van der Waals surface area contributed by atoms with E-state index in [9.17, 15) is 9.90 Å². The van der Waals surface area contributed by atoms with Gasteiger partial charge >= 0.3 is 0 Å². The van der Waals surface area contributed by atoms with Gasteiger partial charge in [-0.25, -0.2) is 0 Å². The van der Waals surface area contributed by atoms with E-state index >= 15 is 0 Å². The maximum atomic E-state index is 12.2. The van der Waals surface area contributed by atoms with Crippen LogP contribution in [0.2, 0.25) is 0 Å². The summed E-state index contributed by atoms with van der Waals surface area (Å²) in [4.78, 5) is 12.2. The number of hydrogen-bond acceptors (Lipinski definition) is 3. The van der Waals surface area contributed by atoms with Gasteiger partial charge in [0.2, 0.25) is 5.91 Å². The van der Waals surface area contributed by atoms with E-state index in [-0.39, 0.29) is 17.6 Å². The first-order valence-corrected chi connectivity index (χ1v) is 7.47. The maximum Gasteiger partial charge on any atom is 0.229 e. The summed E-state index contributed by atoms with van der Waals surface area (Å²) in [6.07, 6.45) is 0. The zero-order valence-electron chi connectivity index (χ0n) is 12.2. The molecule has 1 amide bonds. The number of amides is 1. The molecule has 21 heavy (non-hydrogen) atoms. The Morgan fingerprint density at radius 3 is 2.67 bits per heavy atom. The molecule has 2 N–H and O–H groups in total. The monoisotopic (exact) mass is 351 g/mol. The van der Waals surface area contributed by atoms with Gasteiger partial charge in [0, 0.05) is 5.69 Å². The van der Waals surface area contributed by atoms with E-state index in [0.717, 1.165) is 15.9 Å². The van der Waals surface area contributed by atoms with Crippen molar-refractivity contribution in [3.05, 3.63) is 40.1 Å². The summed E-state index contributed by atoms with van der Waals surface area (Å²) in [5, 5.41) is 16.8. The predicted molar refractivity (Wildman–Crippen MR) is 85.3 cm³/mol. The summed E-state index contributed by atoms with van der Waals surface area (Å²) in [7, 11) is 0. The largest absolute Gasteiger partial charge is 0.506 e. The number of halogens is 1. The average Bonchev–Trinajstić information content (AvgIpc) is 2.68. The fourth-order valence-electron chi connectivity index (χ4n) is 2.03. The van der Waals surface area contributed by atoms with Gasteiger partial charge in [-0.15, -0.1) is 0 Å². The quantitative estimate of drug-likeness (QED) is 0.830. The van der Waals surface area contributed by atoms with Crippen molar-refractivity contribution >= 4 is 27.5 Å². The van der Waals surface area contributed by atoms with Crippen molar-refractivity contribution in [2.45, 2.75) is 27.3 Å². The van der Waals surface area contributed by atoms with Crippen molar-refractivity contribution < 1.29 is 9.90 Å². The number of benzene rings is 1. The second-order valence-electron chi connectivity index (χ2n) is 5.07. The summed E-state index contributed by atoms with van der Waals surface area (Å²) in [6.45, 7) is 6.19. The number of aromatic hydroxyl groups is 1. The lowest BCUT2D eigenvalue weighted by molar-refractivity contribution is -0.119. The minimum Gasteiger partial charge on any atom is -0.506 e. The van der Waals surface area contributed by atoms with Crippen LogP contribution in [0.4, 0.5) is 5.69 Å². The molecule has 0 aliphatic rings. The van der Waals surface area contributed by atoms with Gasteiger partial charge in [0.25, 0.3) is 0 Å². The fraction of sp³-hybridized carbons (Fsp3) is 0.333.